The first-order chi connectivity index (χ1) is 15.9. The number of rotatable bonds is 7. The molecule has 4 rings (SSSR count). The van der Waals surface area contributed by atoms with Crippen molar-refractivity contribution in [2.75, 3.05) is 27.2 Å². The van der Waals surface area contributed by atoms with Crippen LogP contribution in [0.2, 0.25) is 0 Å². The molecule has 0 bridgehead atoms. The maximum absolute atomic E-state index is 13.2. The molecule has 0 N–H and O–H groups in total. The van der Waals surface area contributed by atoms with Crippen LogP contribution >= 0.6 is 0 Å². The molecule has 0 fully saturated rings. The molecule has 1 atom stereocenters. The van der Waals surface area contributed by atoms with Gasteiger partial charge in [-0.1, -0.05) is 43.3 Å². The van der Waals surface area contributed by atoms with Gasteiger partial charge < -0.3 is 9.64 Å². The fourth-order valence-corrected chi connectivity index (χ4v) is 5.06. The summed E-state index contributed by atoms with van der Waals surface area (Å²) in [5.41, 5.74) is 6.44. The predicted molar refractivity (Wildman–Crippen MR) is 136 cm³/mol. The van der Waals surface area contributed by atoms with Gasteiger partial charge in [0.2, 0.25) is 5.91 Å². The molecular weight excluding hydrogens is 408 g/mol. The summed E-state index contributed by atoms with van der Waals surface area (Å²) < 4.78 is 5.34. The van der Waals surface area contributed by atoms with Gasteiger partial charge in [0, 0.05) is 13.1 Å². The standard InChI is InChI=1S/C29H36N2O2/c1-6-28(31-14-12-25-15-20(2)21(3)16-26(25)19-29(31)32)30(4)13-11-22-7-8-24-18-27(33-5)10-9-23(24)17-22/h7-10,15-18,28H,6,11-14,19H2,1-5H3. The summed E-state index contributed by atoms with van der Waals surface area (Å²) in [7, 11) is 3.85. The lowest BCUT2D eigenvalue weighted by molar-refractivity contribution is -0.136. The molecule has 1 aliphatic rings. The second kappa shape index (κ2) is 9.96. The van der Waals surface area contributed by atoms with Crippen LogP contribution in [0.15, 0.2) is 48.5 Å². The zero-order valence-corrected chi connectivity index (χ0v) is 20.6. The number of ether oxygens (including phenoxy) is 1. The number of benzene rings is 3. The van der Waals surface area contributed by atoms with Crippen molar-refractivity contribution in [2.24, 2.45) is 0 Å². The van der Waals surface area contributed by atoms with Gasteiger partial charge in [-0.25, -0.2) is 0 Å². The van der Waals surface area contributed by atoms with Gasteiger partial charge >= 0.3 is 0 Å². The van der Waals surface area contributed by atoms with Gasteiger partial charge in [-0.2, -0.15) is 0 Å². The van der Waals surface area contributed by atoms with Crippen molar-refractivity contribution in [1.29, 1.82) is 0 Å². The minimum atomic E-state index is 0.124. The van der Waals surface area contributed by atoms with E-state index in [1.807, 2.05) is 6.07 Å². The molecule has 0 saturated carbocycles. The lowest BCUT2D eigenvalue weighted by Crippen LogP contribution is -2.50. The average Bonchev–Trinajstić information content (AvgIpc) is 2.96. The van der Waals surface area contributed by atoms with Gasteiger partial charge in [0.15, 0.2) is 0 Å². The molecule has 174 valence electrons. The number of methoxy groups -OCH3 is 1. The number of carbonyl (C=O) groups is 1. The van der Waals surface area contributed by atoms with Crippen LogP contribution in [0.5, 0.6) is 5.75 Å². The Morgan fingerprint density at radius 1 is 1.00 bits per heavy atom. The van der Waals surface area contributed by atoms with Crippen LogP contribution in [0, 0.1) is 13.8 Å². The Balaban J connectivity index is 1.44. The Hall–Kier alpha value is -2.85. The summed E-state index contributed by atoms with van der Waals surface area (Å²) in [6, 6.07) is 17.3. The lowest BCUT2D eigenvalue weighted by Gasteiger charge is -2.37. The number of likely N-dealkylation sites (N-methyl/N-ethyl adjacent to an activating group) is 1. The van der Waals surface area contributed by atoms with Gasteiger partial charge in [-0.3, -0.25) is 9.69 Å². The Bertz CT molecular complexity index is 1150. The number of aryl methyl sites for hydroxylation is 2. The van der Waals surface area contributed by atoms with E-state index >= 15 is 0 Å². The van der Waals surface area contributed by atoms with Gasteiger partial charge in [0.25, 0.3) is 0 Å². The smallest absolute Gasteiger partial charge is 0.228 e. The van der Waals surface area contributed by atoms with Crippen LogP contribution in [0.1, 0.15) is 41.2 Å². The molecule has 3 aromatic rings. The summed E-state index contributed by atoms with van der Waals surface area (Å²) in [6.07, 6.45) is 3.44. The van der Waals surface area contributed by atoms with Crippen molar-refractivity contribution in [3.8, 4) is 5.75 Å². The minimum absolute atomic E-state index is 0.124. The molecule has 0 spiro atoms. The molecule has 3 aromatic carbocycles. The third-order valence-corrected chi connectivity index (χ3v) is 7.20. The average molecular weight is 445 g/mol. The lowest BCUT2D eigenvalue weighted by atomic mass is 9.97. The molecule has 33 heavy (non-hydrogen) atoms. The molecule has 4 nitrogen and oxygen atoms in total. The number of hydrogen-bond donors (Lipinski definition) is 0. The number of nitrogens with zero attached hydrogens (tertiary/aromatic N) is 2. The molecule has 0 aromatic heterocycles. The fourth-order valence-electron chi connectivity index (χ4n) is 5.06. The van der Waals surface area contributed by atoms with E-state index in [1.165, 1.54) is 38.6 Å². The summed E-state index contributed by atoms with van der Waals surface area (Å²) in [6.45, 7) is 8.18. The first-order valence-corrected chi connectivity index (χ1v) is 12.0. The van der Waals surface area contributed by atoms with Crippen molar-refractivity contribution in [3.63, 3.8) is 0 Å². The third-order valence-electron chi connectivity index (χ3n) is 7.20. The van der Waals surface area contributed by atoms with E-state index < -0.39 is 0 Å². The van der Waals surface area contributed by atoms with E-state index in [1.54, 1.807) is 7.11 Å². The molecule has 0 aliphatic carbocycles. The van der Waals surface area contributed by atoms with Crippen LogP contribution in [-0.4, -0.2) is 49.1 Å². The van der Waals surface area contributed by atoms with E-state index in [9.17, 15) is 4.79 Å². The van der Waals surface area contributed by atoms with Crippen LogP contribution < -0.4 is 4.74 Å². The summed E-state index contributed by atoms with van der Waals surface area (Å²) >= 11 is 0. The monoisotopic (exact) mass is 444 g/mol. The highest BCUT2D eigenvalue weighted by Crippen LogP contribution is 2.25. The van der Waals surface area contributed by atoms with Crippen LogP contribution in [-0.2, 0) is 24.1 Å². The molecule has 1 heterocycles. The van der Waals surface area contributed by atoms with Gasteiger partial charge in [-0.15, -0.1) is 0 Å². The Labute approximate surface area is 198 Å². The van der Waals surface area contributed by atoms with E-state index in [0.717, 1.165) is 38.1 Å². The Morgan fingerprint density at radius 3 is 2.42 bits per heavy atom. The molecule has 1 amide bonds. The highest BCUT2D eigenvalue weighted by molar-refractivity contribution is 5.84. The molecular formula is C29H36N2O2. The third kappa shape index (κ3) is 5.06. The summed E-state index contributed by atoms with van der Waals surface area (Å²) in [4.78, 5) is 17.7. The number of carbonyl (C=O) groups excluding carboxylic acids is 1. The predicted octanol–water partition coefficient (Wildman–Crippen LogP) is 5.30. The maximum Gasteiger partial charge on any atom is 0.228 e. The topological polar surface area (TPSA) is 32.8 Å². The molecule has 4 heteroatoms. The fraction of sp³-hybridized carbons (Fsp3) is 0.414. The normalized spacial score (nSPS) is 15.0. The van der Waals surface area contributed by atoms with Crippen molar-refractivity contribution in [2.45, 2.75) is 52.6 Å². The second-order valence-electron chi connectivity index (χ2n) is 9.39. The number of hydrogen-bond acceptors (Lipinski definition) is 3. The van der Waals surface area contributed by atoms with Crippen molar-refractivity contribution >= 4 is 16.7 Å². The SMILES string of the molecule is CCC(N(C)CCc1ccc2cc(OC)ccc2c1)N1CCc2cc(C)c(C)cc2CC1=O. The highest BCUT2D eigenvalue weighted by atomic mass is 16.5. The summed E-state index contributed by atoms with van der Waals surface area (Å²) in [5.74, 6) is 1.13. The quantitative estimate of drug-likeness (QED) is 0.496. The highest BCUT2D eigenvalue weighted by Gasteiger charge is 2.28. The van der Waals surface area contributed by atoms with Crippen molar-refractivity contribution in [3.05, 3.63) is 76.3 Å². The second-order valence-corrected chi connectivity index (χ2v) is 9.39. The van der Waals surface area contributed by atoms with Crippen LogP contribution in [0.3, 0.4) is 0 Å². The number of fused-ring (bicyclic) bond motifs is 2. The Morgan fingerprint density at radius 2 is 1.70 bits per heavy atom. The zero-order chi connectivity index (χ0) is 23.5. The van der Waals surface area contributed by atoms with Crippen molar-refractivity contribution < 1.29 is 9.53 Å². The van der Waals surface area contributed by atoms with E-state index in [2.05, 4.69) is 80.1 Å². The van der Waals surface area contributed by atoms with Gasteiger partial charge in [0.1, 0.15) is 5.75 Å². The van der Waals surface area contributed by atoms with Crippen molar-refractivity contribution in [1.82, 2.24) is 9.80 Å². The minimum Gasteiger partial charge on any atom is -0.497 e. The van der Waals surface area contributed by atoms with Crippen LogP contribution in [0.4, 0.5) is 0 Å². The first-order valence-electron chi connectivity index (χ1n) is 12.0. The molecule has 0 saturated heterocycles. The van der Waals surface area contributed by atoms with Crippen LogP contribution in [0.25, 0.3) is 10.8 Å². The van der Waals surface area contributed by atoms with E-state index in [4.69, 9.17) is 4.74 Å². The first kappa shape index (κ1) is 23.3. The van der Waals surface area contributed by atoms with Gasteiger partial charge in [-0.05, 0) is 90.9 Å². The zero-order valence-electron chi connectivity index (χ0n) is 20.6. The molecule has 0 radical (unpaired) electrons. The Kier molecular flexibility index (Phi) is 7.04. The summed E-state index contributed by atoms with van der Waals surface area (Å²) in [5, 5.41) is 2.42. The molecule has 1 aliphatic heterocycles. The number of amides is 1. The molecule has 1 unspecified atom stereocenters. The van der Waals surface area contributed by atoms with E-state index in [-0.39, 0.29) is 12.1 Å². The maximum atomic E-state index is 13.2. The van der Waals surface area contributed by atoms with E-state index in [0.29, 0.717) is 6.42 Å². The largest absolute Gasteiger partial charge is 0.497 e. The van der Waals surface area contributed by atoms with Gasteiger partial charge in [0.05, 0.1) is 19.7 Å².